The van der Waals surface area contributed by atoms with Crippen molar-refractivity contribution in [2.75, 3.05) is 13.1 Å². The molecule has 2 aliphatic rings. The number of nitrogens with one attached hydrogen (secondary N) is 1. The first-order valence-corrected chi connectivity index (χ1v) is 8.12. The Kier molecular flexibility index (Phi) is 4.23. The number of carbonyl (C=O) groups excluding carboxylic acids is 2. The highest BCUT2D eigenvalue weighted by Crippen LogP contribution is 2.28. The van der Waals surface area contributed by atoms with Crippen LogP contribution >= 0.6 is 0 Å². The molecule has 0 saturated carbocycles. The lowest BCUT2D eigenvalue weighted by Crippen LogP contribution is -2.50. The quantitative estimate of drug-likeness (QED) is 0.899. The van der Waals surface area contributed by atoms with Gasteiger partial charge in [0.15, 0.2) is 0 Å². The van der Waals surface area contributed by atoms with Crippen LogP contribution < -0.4 is 5.32 Å². The van der Waals surface area contributed by atoms with Gasteiger partial charge in [-0.3, -0.25) is 4.79 Å². The average Bonchev–Trinajstić information content (AvgIpc) is 3.13. The van der Waals surface area contributed by atoms with Crippen LogP contribution in [0.5, 0.6) is 0 Å². The second-order valence-corrected chi connectivity index (χ2v) is 6.52. The minimum Gasteiger partial charge on any atom is -0.444 e. The van der Waals surface area contributed by atoms with Crippen molar-refractivity contribution >= 4 is 12.0 Å². The highest BCUT2D eigenvalue weighted by atomic mass is 16.6. The molecular weight excluding hydrogens is 298 g/mol. The van der Waals surface area contributed by atoms with E-state index in [2.05, 4.69) is 33.9 Å². The van der Waals surface area contributed by atoms with E-state index in [1.54, 1.807) is 13.3 Å². The Morgan fingerprint density at radius 2 is 2.09 bits per heavy atom. The Balaban J connectivity index is 1.61. The smallest absolute Gasteiger partial charge is 0.408 e. The Morgan fingerprint density at radius 1 is 1.39 bits per heavy atom. The van der Waals surface area contributed by atoms with Crippen LogP contribution in [0.4, 0.5) is 4.79 Å². The van der Waals surface area contributed by atoms with Crippen molar-refractivity contribution < 1.29 is 14.3 Å². The van der Waals surface area contributed by atoms with Gasteiger partial charge in [-0.2, -0.15) is 0 Å². The average molecular weight is 321 g/mol. The van der Waals surface area contributed by atoms with Crippen LogP contribution in [0.25, 0.3) is 0 Å². The molecule has 2 fully saturated rings. The molecule has 0 aromatic carbocycles. The molecule has 0 radical (unpaired) electrons. The van der Waals surface area contributed by atoms with Crippen LogP contribution in [0.3, 0.4) is 0 Å². The molecule has 3 rings (SSSR count). The van der Waals surface area contributed by atoms with Gasteiger partial charge in [-0.1, -0.05) is 0 Å². The molecule has 2 aliphatic heterocycles. The second kappa shape index (κ2) is 6.17. The highest BCUT2D eigenvalue weighted by molar-refractivity contribution is 5.88. The van der Waals surface area contributed by atoms with Gasteiger partial charge in [-0.05, 0) is 33.6 Å². The van der Waals surface area contributed by atoms with E-state index in [9.17, 15) is 9.59 Å². The summed E-state index contributed by atoms with van der Waals surface area (Å²) in [6.45, 7) is 7.27. The number of piperidine rings is 1. The molecule has 2 atom stereocenters. The Labute approximate surface area is 135 Å². The zero-order valence-corrected chi connectivity index (χ0v) is 13.7. The van der Waals surface area contributed by atoms with Gasteiger partial charge in [0.2, 0.25) is 5.91 Å². The van der Waals surface area contributed by atoms with Gasteiger partial charge in [0, 0.05) is 25.0 Å². The van der Waals surface area contributed by atoms with E-state index < -0.39 is 18.2 Å². The molecule has 2 saturated heterocycles. The molecule has 2 amide bonds. The number of nitrogens with zero attached hydrogens (tertiary/aromatic N) is 4. The summed E-state index contributed by atoms with van der Waals surface area (Å²) >= 11 is 0. The van der Waals surface area contributed by atoms with Gasteiger partial charge in [0.1, 0.15) is 24.3 Å². The van der Waals surface area contributed by atoms with E-state index in [1.165, 1.54) is 0 Å². The SMILES string of the molecule is CC1OC(=O)NC1C(=O)N1CCC(c2nncn2C(C)C)CC1. The number of alkyl carbamates (subject to hydrolysis) is 1. The third-order valence-electron chi connectivity index (χ3n) is 4.63. The number of hydrogen-bond donors (Lipinski definition) is 1. The fourth-order valence-electron chi connectivity index (χ4n) is 3.27. The Morgan fingerprint density at radius 3 is 2.65 bits per heavy atom. The molecule has 0 aliphatic carbocycles. The van der Waals surface area contributed by atoms with E-state index in [4.69, 9.17) is 4.74 Å². The standard InChI is InChI=1S/C15H23N5O3/c1-9(2)20-8-16-18-13(20)11-4-6-19(7-5-11)14(21)12-10(3)23-15(22)17-12/h8-12H,4-7H2,1-3H3,(H,17,22). The molecule has 23 heavy (non-hydrogen) atoms. The molecule has 2 unspecified atom stereocenters. The van der Waals surface area contributed by atoms with Gasteiger partial charge >= 0.3 is 6.09 Å². The second-order valence-electron chi connectivity index (χ2n) is 6.52. The lowest BCUT2D eigenvalue weighted by Gasteiger charge is -2.33. The summed E-state index contributed by atoms with van der Waals surface area (Å²) < 4.78 is 7.08. The van der Waals surface area contributed by atoms with E-state index in [0.717, 1.165) is 18.7 Å². The summed E-state index contributed by atoms with van der Waals surface area (Å²) in [7, 11) is 0. The predicted octanol–water partition coefficient (Wildman–Crippen LogP) is 1.06. The molecule has 8 heteroatoms. The van der Waals surface area contributed by atoms with E-state index in [0.29, 0.717) is 25.0 Å². The summed E-state index contributed by atoms with van der Waals surface area (Å²) in [5.41, 5.74) is 0. The molecule has 1 N–H and O–H groups in total. The minimum atomic E-state index is -0.571. The highest BCUT2D eigenvalue weighted by Gasteiger charge is 2.39. The normalized spacial score (nSPS) is 25.6. The van der Waals surface area contributed by atoms with Crippen LogP contribution in [0.1, 0.15) is 51.4 Å². The van der Waals surface area contributed by atoms with E-state index in [1.807, 2.05) is 4.90 Å². The third kappa shape index (κ3) is 3.02. The van der Waals surface area contributed by atoms with Crippen molar-refractivity contribution in [3.8, 4) is 0 Å². The topological polar surface area (TPSA) is 89.3 Å². The number of amides is 2. The molecule has 8 nitrogen and oxygen atoms in total. The van der Waals surface area contributed by atoms with Crippen LogP contribution in [-0.4, -0.2) is 56.9 Å². The monoisotopic (exact) mass is 321 g/mol. The van der Waals surface area contributed by atoms with Crippen molar-refractivity contribution in [1.29, 1.82) is 0 Å². The maximum atomic E-state index is 12.5. The first kappa shape index (κ1) is 15.8. The summed E-state index contributed by atoms with van der Waals surface area (Å²) in [6, 6.07) is -0.246. The van der Waals surface area contributed by atoms with Gasteiger partial charge in [-0.25, -0.2) is 4.79 Å². The number of ether oxygens (including phenoxy) is 1. The zero-order chi connectivity index (χ0) is 16.6. The third-order valence-corrected chi connectivity index (χ3v) is 4.63. The van der Waals surface area contributed by atoms with Gasteiger partial charge in [-0.15, -0.1) is 10.2 Å². The molecule has 0 spiro atoms. The number of aromatic nitrogens is 3. The van der Waals surface area contributed by atoms with Crippen molar-refractivity contribution in [2.24, 2.45) is 0 Å². The van der Waals surface area contributed by atoms with Crippen LogP contribution in [0.15, 0.2) is 6.33 Å². The largest absolute Gasteiger partial charge is 0.444 e. The maximum Gasteiger partial charge on any atom is 0.408 e. The number of hydrogen-bond acceptors (Lipinski definition) is 5. The maximum absolute atomic E-state index is 12.5. The van der Waals surface area contributed by atoms with Crippen LogP contribution in [0.2, 0.25) is 0 Å². The predicted molar refractivity (Wildman–Crippen MR) is 81.8 cm³/mol. The minimum absolute atomic E-state index is 0.0628. The first-order valence-electron chi connectivity index (χ1n) is 8.12. The van der Waals surface area contributed by atoms with Crippen LogP contribution in [-0.2, 0) is 9.53 Å². The molecular formula is C15H23N5O3. The summed E-state index contributed by atoms with van der Waals surface area (Å²) in [4.78, 5) is 25.6. The van der Waals surface area contributed by atoms with Crippen molar-refractivity contribution in [1.82, 2.24) is 25.0 Å². The van der Waals surface area contributed by atoms with Crippen molar-refractivity contribution in [2.45, 2.75) is 57.7 Å². The van der Waals surface area contributed by atoms with Crippen molar-refractivity contribution in [3.05, 3.63) is 12.2 Å². The lowest BCUT2D eigenvalue weighted by molar-refractivity contribution is -0.135. The molecule has 1 aromatic rings. The van der Waals surface area contributed by atoms with Crippen LogP contribution in [0, 0.1) is 0 Å². The number of likely N-dealkylation sites (tertiary alicyclic amines) is 1. The van der Waals surface area contributed by atoms with E-state index >= 15 is 0 Å². The molecule has 126 valence electrons. The molecule has 0 bridgehead atoms. The Hall–Kier alpha value is -2.12. The first-order chi connectivity index (χ1) is 11.0. The number of cyclic esters (lactones) is 1. The van der Waals surface area contributed by atoms with Crippen molar-refractivity contribution in [3.63, 3.8) is 0 Å². The molecule has 1 aromatic heterocycles. The lowest BCUT2D eigenvalue weighted by atomic mass is 9.95. The zero-order valence-electron chi connectivity index (χ0n) is 13.7. The fourth-order valence-corrected chi connectivity index (χ4v) is 3.27. The number of carbonyl (C=O) groups is 2. The fraction of sp³-hybridized carbons (Fsp3) is 0.733. The summed E-state index contributed by atoms with van der Waals surface area (Å²) in [5.74, 6) is 1.25. The van der Waals surface area contributed by atoms with E-state index in [-0.39, 0.29) is 5.91 Å². The summed E-state index contributed by atoms with van der Waals surface area (Å²) in [6.07, 6.45) is 2.54. The Bertz CT molecular complexity index is 592. The van der Waals surface area contributed by atoms with Gasteiger partial charge in [0.25, 0.3) is 0 Å². The summed E-state index contributed by atoms with van der Waals surface area (Å²) in [5, 5.41) is 10.9. The van der Waals surface area contributed by atoms with Gasteiger partial charge in [0.05, 0.1) is 0 Å². The number of rotatable bonds is 3. The molecule has 3 heterocycles. The van der Waals surface area contributed by atoms with Gasteiger partial charge < -0.3 is 19.5 Å².